The van der Waals surface area contributed by atoms with Gasteiger partial charge in [0, 0.05) is 20.3 Å². The van der Waals surface area contributed by atoms with Crippen LogP contribution in [0, 0.1) is 0 Å². The minimum Gasteiger partial charge on any atom is -0.364 e. The van der Waals surface area contributed by atoms with E-state index < -0.39 is 10.1 Å². The average Bonchev–Trinajstić information content (AvgIpc) is 2.68. The van der Waals surface area contributed by atoms with E-state index in [1.54, 1.807) is 18.2 Å². The quantitative estimate of drug-likeness (QED) is 0.816. The number of nitrogens with one attached hydrogen (secondary N) is 1. The lowest BCUT2D eigenvalue weighted by atomic mass is 10.4. The lowest BCUT2D eigenvalue weighted by Gasteiger charge is -2.15. The lowest BCUT2D eigenvalue weighted by molar-refractivity contribution is 0.483. The first-order valence-corrected chi connectivity index (χ1v) is 7.35. The molecule has 0 bridgehead atoms. The highest BCUT2D eigenvalue weighted by atomic mass is 32.2. The standard InChI is InChI=1S/C8H12N2.C6H6O3S/c1-10(2)8-6-4-3-5-7-9-8;7-10(8,9)6-4-2-1-3-5-6/h3-7,9H,1-2H3;1-5H,(H,7,8,9). The first-order chi connectivity index (χ1) is 9.41. The first-order valence-electron chi connectivity index (χ1n) is 5.91. The monoisotopic (exact) mass is 294 g/mol. The van der Waals surface area contributed by atoms with Crippen molar-refractivity contribution in [2.75, 3.05) is 14.1 Å². The highest BCUT2D eigenvalue weighted by molar-refractivity contribution is 7.85. The Morgan fingerprint density at radius 1 is 1.05 bits per heavy atom. The van der Waals surface area contributed by atoms with Crippen molar-refractivity contribution in [1.29, 1.82) is 0 Å². The van der Waals surface area contributed by atoms with Crippen LogP contribution in [-0.2, 0) is 10.1 Å². The van der Waals surface area contributed by atoms with E-state index >= 15 is 0 Å². The predicted octanol–water partition coefficient (Wildman–Crippen LogP) is 2.00. The number of benzene rings is 1. The van der Waals surface area contributed by atoms with Crippen molar-refractivity contribution in [2.24, 2.45) is 0 Å². The topological polar surface area (TPSA) is 69.6 Å². The molecule has 0 unspecified atom stereocenters. The van der Waals surface area contributed by atoms with Gasteiger partial charge >= 0.3 is 0 Å². The third-order valence-electron chi connectivity index (χ3n) is 2.33. The molecule has 2 N–H and O–H groups in total. The Morgan fingerprint density at radius 2 is 1.70 bits per heavy atom. The summed E-state index contributed by atoms with van der Waals surface area (Å²) < 4.78 is 29.2. The van der Waals surface area contributed by atoms with Crippen molar-refractivity contribution < 1.29 is 13.0 Å². The maximum Gasteiger partial charge on any atom is 0.294 e. The molecule has 0 radical (unpaired) electrons. The van der Waals surface area contributed by atoms with Crippen molar-refractivity contribution in [2.45, 2.75) is 4.90 Å². The summed E-state index contributed by atoms with van der Waals surface area (Å²) in [5.41, 5.74) is 0. The van der Waals surface area contributed by atoms with Gasteiger partial charge in [-0.15, -0.1) is 0 Å². The number of rotatable bonds is 2. The number of allylic oxidation sites excluding steroid dienone is 4. The maximum atomic E-state index is 10.4. The van der Waals surface area contributed by atoms with Crippen LogP contribution in [0.1, 0.15) is 0 Å². The summed E-state index contributed by atoms with van der Waals surface area (Å²) in [7, 11) is 0.00875. The van der Waals surface area contributed by atoms with Crippen LogP contribution in [0.2, 0.25) is 0 Å². The van der Waals surface area contributed by atoms with Crippen LogP contribution in [0.5, 0.6) is 0 Å². The molecule has 0 spiro atoms. The molecule has 2 rings (SSSR count). The van der Waals surface area contributed by atoms with Gasteiger partial charge in [-0.1, -0.05) is 30.4 Å². The smallest absolute Gasteiger partial charge is 0.294 e. The Balaban J connectivity index is 0.000000200. The Hall–Kier alpha value is -2.05. The fraction of sp³-hybridized carbons (Fsp3) is 0.143. The van der Waals surface area contributed by atoms with E-state index in [4.69, 9.17) is 4.55 Å². The molecule has 1 aliphatic rings. The van der Waals surface area contributed by atoms with Crippen LogP contribution in [-0.4, -0.2) is 32.0 Å². The van der Waals surface area contributed by atoms with Crippen LogP contribution in [0.4, 0.5) is 0 Å². The van der Waals surface area contributed by atoms with Gasteiger partial charge in [0.1, 0.15) is 5.82 Å². The van der Waals surface area contributed by atoms with Gasteiger partial charge in [0.2, 0.25) is 0 Å². The second kappa shape index (κ2) is 7.52. The molecule has 1 aromatic rings. The minimum atomic E-state index is -4.00. The minimum absolute atomic E-state index is 0.0741. The Bertz CT molecular complexity index is 603. The zero-order valence-corrected chi connectivity index (χ0v) is 12.2. The molecular weight excluding hydrogens is 276 g/mol. The molecule has 0 aliphatic carbocycles. The summed E-state index contributed by atoms with van der Waals surface area (Å²) in [6.07, 6.45) is 9.90. The zero-order valence-electron chi connectivity index (χ0n) is 11.4. The predicted molar refractivity (Wildman–Crippen MR) is 79.4 cm³/mol. The second-order valence-corrected chi connectivity index (χ2v) is 5.54. The lowest BCUT2D eigenvalue weighted by Crippen LogP contribution is -2.20. The molecule has 108 valence electrons. The number of hydrogen-bond acceptors (Lipinski definition) is 4. The van der Waals surface area contributed by atoms with E-state index in [9.17, 15) is 8.42 Å². The molecule has 1 aliphatic heterocycles. The fourth-order valence-corrected chi connectivity index (χ4v) is 1.82. The van der Waals surface area contributed by atoms with Crippen molar-refractivity contribution >= 4 is 10.1 Å². The molecule has 0 amide bonds. The Morgan fingerprint density at radius 3 is 2.20 bits per heavy atom. The van der Waals surface area contributed by atoms with E-state index in [0.29, 0.717) is 0 Å². The highest BCUT2D eigenvalue weighted by Gasteiger charge is 2.05. The van der Waals surface area contributed by atoms with Crippen molar-refractivity contribution in [3.8, 4) is 0 Å². The summed E-state index contributed by atoms with van der Waals surface area (Å²) in [5, 5.41) is 3.12. The van der Waals surface area contributed by atoms with Crippen LogP contribution >= 0.6 is 0 Å². The molecule has 0 saturated carbocycles. The SMILES string of the molecule is CN(C)C1=CC=CC=CN1.O=S(=O)(O)c1ccccc1. The number of nitrogens with zero attached hydrogens (tertiary/aromatic N) is 1. The van der Waals surface area contributed by atoms with Crippen LogP contribution in [0.25, 0.3) is 0 Å². The van der Waals surface area contributed by atoms with Crippen molar-refractivity contribution in [3.05, 3.63) is 66.7 Å². The average molecular weight is 294 g/mol. The summed E-state index contributed by atoms with van der Waals surface area (Å²) in [6.45, 7) is 0. The van der Waals surface area contributed by atoms with Gasteiger partial charge in [-0.05, 0) is 24.3 Å². The van der Waals surface area contributed by atoms with Crippen LogP contribution < -0.4 is 5.32 Å². The van der Waals surface area contributed by atoms with Gasteiger partial charge in [-0.3, -0.25) is 4.55 Å². The summed E-state index contributed by atoms with van der Waals surface area (Å²) in [4.78, 5) is 1.95. The molecule has 6 heteroatoms. The molecule has 0 aromatic heterocycles. The van der Waals surface area contributed by atoms with Gasteiger partial charge < -0.3 is 10.2 Å². The molecule has 0 saturated heterocycles. The number of hydrogen-bond donors (Lipinski definition) is 2. The van der Waals surface area contributed by atoms with E-state index in [1.807, 2.05) is 49.5 Å². The first kappa shape index (κ1) is 16.0. The van der Waals surface area contributed by atoms with E-state index in [1.165, 1.54) is 12.1 Å². The fourth-order valence-electron chi connectivity index (χ4n) is 1.32. The third-order valence-corrected chi connectivity index (χ3v) is 3.19. The highest BCUT2D eigenvalue weighted by Crippen LogP contribution is 2.05. The molecule has 5 nitrogen and oxygen atoms in total. The largest absolute Gasteiger partial charge is 0.364 e. The normalized spacial score (nSPS) is 13.4. The van der Waals surface area contributed by atoms with Gasteiger partial charge in [-0.25, -0.2) is 0 Å². The van der Waals surface area contributed by atoms with Crippen molar-refractivity contribution in [3.63, 3.8) is 0 Å². The molecular formula is C14H18N2O3S. The molecule has 1 aromatic carbocycles. The molecule has 20 heavy (non-hydrogen) atoms. The summed E-state index contributed by atoms with van der Waals surface area (Å²) in [6, 6.07) is 7.42. The summed E-state index contributed by atoms with van der Waals surface area (Å²) >= 11 is 0. The van der Waals surface area contributed by atoms with E-state index in [2.05, 4.69) is 5.32 Å². The van der Waals surface area contributed by atoms with Crippen LogP contribution in [0.3, 0.4) is 0 Å². The molecule has 0 atom stereocenters. The Labute approximate surface area is 119 Å². The maximum absolute atomic E-state index is 10.4. The van der Waals surface area contributed by atoms with Gasteiger partial charge in [0.25, 0.3) is 10.1 Å². The molecule has 1 heterocycles. The van der Waals surface area contributed by atoms with Crippen LogP contribution in [0.15, 0.2) is 71.6 Å². The summed E-state index contributed by atoms with van der Waals surface area (Å²) in [5.74, 6) is 1.10. The Kier molecular flexibility index (Phi) is 6.02. The third kappa shape index (κ3) is 5.73. The van der Waals surface area contributed by atoms with Gasteiger partial charge in [-0.2, -0.15) is 8.42 Å². The van der Waals surface area contributed by atoms with Crippen molar-refractivity contribution in [1.82, 2.24) is 10.2 Å². The second-order valence-electron chi connectivity index (χ2n) is 4.12. The van der Waals surface area contributed by atoms with E-state index in [0.717, 1.165) is 5.82 Å². The zero-order chi connectivity index (χ0) is 15.0. The molecule has 0 fully saturated rings. The van der Waals surface area contributed by atoms with E-state index in [-0.39, 0.29) is 4.90 Å². The van der Waals surface area contributed by atoms with Gasteiger partial charge in [0.05, 0.1) is 4.90 Å². The van der Waals surface area contributed by atoms with Gasteiger partial charge in [0.15, 0.2) is 0 Å².